The van der Waals surface area contributed by atoms with E-state index in [0.29, 0.717) is 12.3 Å². The van der Waals surface area contributed by atoms with E-state index in [0.717, 1.165) is 10.6 Å². The summed E-state index contributed by atoms with van der Waals surface area (Å²) in [6.45, 7) is 4.06. The van der Waals surface area contributed by atoms with Gasteiger partial charge in [0.05, 0.1) is 0 Å². The van der Waals surface area contributed by atoms with Crippen LogP contribution in [0.3, 0.4) is 0 Å². The molecule has 4 heteroatoms. The first-order valence-corrected chi connectivity index (χ1v) is 6.51. The molecule has 0 aliphatic carbocycles. The molecular weight excluding hydrogens is 232 g/mol. The quantitative estimate of drug-likeness (QED) is 0.822. The molecule has 1 aromatic rings. The normalized spacial score (nSPS) is 15.2. The SMILES string of the molecule is CC(C)CC(=O)N1[CH]SC(c2ccccc2)=N1. The van der Waals surface area contributed by atoms with Crippen LogP contribution in [0.5, 0.6) is 0 Å². The Labute approximate surface area is 106 Å². The molecule has 3 nitrogen and oxygen atoms in total. The molecule has 17 heavy (non-hydrogen) atoms. The summed E-state index contributed by atoms with van der Waals surface area (Å²) in [4.78, 5) is 11.8. The lowest BCUT2D eigenvalue weighted by atomic mass is 10.1. The lowest BCUT2D eigenvalue weighted by Crippen LogP contribution is -2.21. The molecule has 1 radical (unpaired) electrons. The Kier molecular flexibility index (Phi) is 3.84. The van der Waals surface area contributed by atoms with Crippen LogP contribution < -0.4 is 0 Å². The van der Waals surface area contributed by atoms with E-state index in [-0.39, 0.29) is 5.91 Å². The molecule has 0 saturated heterocycles. The van der Waals surface area contributed by atoms with Crippen molar-refractivity contribution in [2.24, 2.45) is 11.0 Å². The molecule has 0 saturated carbocycles. The Morgan fingerprint density at radius 2 is 2.06 bits per heavy atom. The number of hydrogen-bond acceptors (Lipinski definition) is 3. The summed E-state index contributed by atoms with van der Waals surface area (Å²) in [5.74, 6) is 2.18. The lowest BCUT2D eigenvalue weighted by molar-refractivity contribution is -0.129. The Morgan fingerprint density at radius 1 is 1.35 bits per heavy atom. The fraction of sp³-hybridized carbons (Fsp3) is 0.308. The molecule has 1 heterocycles. The smallest absolute Gasteiger partial charge is 0.244 e. The van der Waals surface area contributed by atoms with Gasteiger partial charge in [0.25, 0.3) is 0 Å². The van der Waals surface area contributed by atoms with Gasteiger partial charge in [0.15, 0.2) is 0 Å². The standard InChI is InChI=1S/C13H15N2OS/c1-10(2)8-12(16)15-9-17-13(14-15)11-6-4-3-5-7-11/h3-7,9-10H,8H2,1-2H3. The van der Waals surface area contributed by atoms with E-state index in [4.69, 9.17) is 0 Å². The second kappa shape index (κ2) is 5.36. The van der Waals surface area contributed by atoms with E-state index < -0.39 is 0 Å². The molecule has 0 fully saturated rings. The summed E-state index contributed by atoms with van der Waals surface area (Å²) >= 11 is 1.49. The van der Waals surface area contributed by atoms with Crippen molar-refractivity contribution in [1.82, 2.24) is 5.01 Å². The average Bonchev–Trinajstić information content (AvgIpc) is 2.78. The van der Waals surface area contributed by atoms with E-state index in [1.807, 2.05) is 44.2 Å². The van der Waals surface area contributed by atoms with Crippen molar-refractivity contribution >= 4 is 22.7 Å². The third-order valence-electron chi connectivity index (χ3n) is 2.32. The molecule has 1 aromatic carbocycles. The molecule has 0 spiro atoms. The first kappa shape index (κ1) is 12.2. The maximum Gasteiger partial charge on any atom is 0.244 e. The fourth-order valence-electron chi connectivity index (χ4n) is 1.51. The van der Waals surface area contributed by atoms with Gasteiger partial charge < -0.3 is 0 Å². The zero-order valence-electron chi connectivity index (χ0n) is 9.96. The molecule has 89 valence electrons. The van der Waals surface area contributed by atoms with Gasteiger partial charge in [-0.1, -0.05) is 55.9 Å². The van der Waals surface area contributed by atoms with Gasteiger partial charge in [0, 0.05) is 12.0 Å². The van der Waals surface area contributed by atoms with Crippen molar-refractivity contribution in [3.63, 3.8) is 0 Å². The Balaban J connectivity index is 2.07. The molecule has 0 N–H and O–H groups in total. The molecule has 2 rings (SSSR count). The predicted octanol–water partition coefficient (Wildman–Crippen LogP) is 3.09. The number of benzene rings is 1. The number of nitrogens with zero attached hydrogens (tertiary/aromatic N) is 2. The summed E-state index contributed by atoms with van der Waals surface area (Å²) in [5.41, 5.74) is 1.05. The van der Waals surface area contributed by atoms with Crippen LogP contribution in [0.25, 0.3) is 0 Å². The summed E-state index contributed by atoms with van der Waals surface area (Å²) in [7, 11) is 0. The van der Waals surface area contributed by atoms with Crippen molar-refractivity contribution in [2.75, 3.05) is 0 Å². The van der Waals surface area contributed by atoms with E-state index in [1.54, 1.807) is 5.88 Å². The number of carbonyl (C=O) groups is 1. The average molecular weight is 247 g/mol. The number of carbonyl (C=O) groups excluding carboxylic acids is 1. The molecule has 1 aliphatic heterocycles. The third kappa shape index (κ3) is 3.09. The van der Waals surface area contributed by atoms with Crippen molar-refractivity contribution in [2.45, 2.75) is 20.3 Å². The van der Waals surface area contributed by atoms with Crippen LogP contribution in [0.1, 0.15) is 25.8 Å². The molecule has 0 bridgehead atoms. The molecular formula is C13H15N2OS. The van der Waals surface area contributed by atoms with Gasteiger partial charge in [-0.15, -0.1) is 0 Å². The van der Waals surface area contributed by atoms with Crippen LogP contribution >= 0.6 is 11.8 Å². The summed E-state index contributed by atoms with van der Waals surface area (Å²) in [6.07, 6.45) is 0.530. The molecule has 1 aliphatic rings. The van der Waals surface area contributed by atoms with E-state index in [2.05, 4.69) is 5.10 Å². The zero-order chi connectivity index (χ0) is 12.3. The van der Waals surface area contributed by atoms with Crippen molar-refractivity contribution < 1.29 is 4.79 Å². The maximum absolute atomic E-state index is 11.8. The highest BCUT2D eigenvalue weighted by Gasteiger charge is 2.23. The first-order valence-electron chi connectivity index (χ1n) is 5.63. The second-order valence-corrected chi connectivity index (χ2v) is 5.16. The van der Waals surface area contributed by atoms with E-state index in [1.165, 1.54) is 16.8 Å². The number of thioether (sulfide) groups is 1. The Morgan fingerprint density at radius 3 is 2.71 bits per heavy atom. The number of amides is 1. The van der Waals surface area contributed by atoms with Crippen LogP contribution in [-0.2, 0) is 4.79 Å². The summed E-state index contributed by atoms with van der Waals surface area (Å²) in [6, 6.07) is 9.90. The van der Waals surface area contributed by atoms with Gasteiger partial charge in [-0.05, 0) is 5.92 Å². The molecule has 1 amide bonds. The minimum Gasteiger partial charge on any atom is -0.273 e. The fourth-order valence-corrected chi connectivity index (χ4v) is 2.28. The zero-order valence-corrected chi connectivity index (χ0v) is 10.8. The predicted molar refractivity (Wildman–Crippen MR) is 71.2 cm³/mol. The van der Waals surface area contributed by atoms with Crippen LogP contribution in [0, 0.1) is 11.8 Å². The largest absolute Gasteiger partial charge is 0.273 e. The Bertz CT molecular complexity index is 428. The highest BCUT2D eigenvalue weighted by atomic mass is 32.2. The third-order valence-corrected chi connectivity index (χ3v) is 3.17. The molecule has 0 atom stereocenters. The van der Waals surface area contributed by atoms with Crippen molar-refractivity contribution in [3.05, 3.63) is 41.8 Å². The van der Waals surface area contributed by atoms with Gasteiger partial charge in [-0.25, -0.2) is 5.01 Å². The van der Waals surface area contributed by atoms with E-state index >= 15 is 0 Å². The molecule has 0 aromatic heterocycles. The minimum absolute atomic E-state index is 0.0541. The highest BCUT2D eigenvalue weighted by Crippen LogP contribution is 2.27. The van der Waals surface area contributed by atoms with Crippen LogP contribution in [0.15, 0.2) is 35.4 Å². The first-order chi connectivity index (χ1) is 8.16. The lowest BCUT2D eigenvalue weighted by Gasteiger charge is -2.11. The van der Waals surface area contributed by atoms with Gasteiger partial charge >= 0.3 is 0 Å². The molecule has 0 unspecified atom stereocenters. The topological polar surface area (TPSA) is 32.7 Å². The van der Waals surface area contributed by atoms with Crippen LogP contribution in [-0.4, -0.2) is 16.0 Å². The van der Waals surface area contributed by atoms with Crippen molar-refractivity contribution in [3.8, 4) is 0 Å². The maximum atomic E-state index is 11.8. The minimum atomic E-state index is 0.0541. The van der Waals surface area contributed by atoms with E-state index in [9.17, 15) is 4.79 Å². The van der Waals surface area contributed by atoms with Crippen LogP contribution in [0.2, 0.25) is 0 Å². The highest BCUT2D eigenvalue weighted by molar-refractivity contribution is 8.16. The van der Waals surface area contributed by atoms with Gasteiger partial charge in [0.1, 0.15) is 10.9 Å². The number of hydrazone groups is 1. The summed E-state index contributed by atoms with van der Waals surface area (Å²) < 4.78 is 0. The second-order valence-electron chi connectivity index (χ2n) is 4.33. The monoisotopic (exact) mass is 247 g/mol. The Hall–Kier alpha value is -1.29. The van der Waals surface area contributed by atoms with Gasteiger partial charge in [-0.2, -0.15) is 5.10 Å². The van der Waals surface area contributed by atoms with Crippen molar-refractivity contribution in [1.29, 1.82) is 0 Å². The number of hydrogen-bond donors (Lipinski definition) is 0. The van der Waals surface area contributed by atoms with Gasteiger partial charge in [0.2, 0.25) is 5.91 Å². The number of rotatable bonds is 3. The van der Waals surface area contributed by atoms with Crippen LogP contribution in [0.4, 0.5) is 0 Å². The summed E-state index contributed by atoms with van der Waals surface area (Å²) in [5, 5.41) is 6.65. The van der Waals surface area contributed by atoms with Gasteiger partial charge in [-0.3, -0.25) is 4.79 Å².